The van der Waals surface area contributed by atoms with Gasteiger partial charge in [-0.2, -0.15) is 0 Å². The van der Waals surface area contributed by atoms with Crippen LogP contribution in [0.2, 0.25) is 5.02 Å². The average Bonchev–Trinajstić information content (AvgIpc) is 2.46. The van der Waals surface area contributed by atoms with Gasteiger partial charge in [-0.25, -0.2) is 4.79 Å². The van der Waals surface area contributed by atoms with Gasteiger partial charge in [0.2, 0.25) is 5.91 Å². The molecular weight excluding hydrogens is 290 g/mol. The molecule has 5 nitrogen and oxygen atoms in total. The van der Waals surface area contributed by atoms with Gasteiger partial charge in [0.15, 0.2) is 0 Å². The molecule has 21 heavy (non-hydrogen) atoms. The summed E-state index contributed by atoms with van der Waals surface area (Å²) >= 11 is 5.83. The van der Waals surface area contributed by atoms with Gasteiger partial charge in [0.05, 0.1) is 6.54 Å². The van der Waals surface area contributed by atoms with Gasteiger partial charge in [0.1, 0.15) is 0 Å². The van der Waals surface area contributed by atoms with Gasteiger partial charge in [-0.05, 0) is 30.3 Å². The summed E-state index contributed by atoms with van der Waals surface area (Å²) in [6, 6.07) is 15.3. The number of rotatable bonds is 4. The Hall–Kier alpha value is -2.53. The van der Waals surface area contributed by atoms with Crippen molar-refractivity contribution >= 4 is 34.9 Å². The molecule has 0 heterocycles. The van der Waals surface area contributed by atoms with E-state index < -0.39 is 11.9 Å². The zero-order chi connectivity index (χ0) is 15.1. The maximum atomic E-state index is 11.6. The van der Waals surface area contributed by atoms with Gasteiger partial charge < -0.3 is 10.6 Å². The number of imide groups is 1. The number of halogens is 1. The minimum absolute atomic E-state index is 0.0252. The Morgan fingerprint density at radius 3 is 2.38 bits per heavy atom. The highest BCUT2D eigenvalue weighted by Crippen LogP contribution is 2.14. The van der Waals surface area contributed by atoms with E-state index in [1.54, 1.807) is 48.5 Å². The number of carbonyl (C=O) groups is 2. The molecule has 2 aromatic carbocycles. The van der Waals surface area contributed by atoms with E-state index >= 15 is 0 Å². The van der Waals surface area contributed by atoms with E-state index in [0.717, 1.165) is 0 Å². The molecule has 0 radical (unpaired) electrons. The Bertz CT molecular complexity index is 632. The largest absolute Gasteiger partial charge is 0.376 e. The molecule has 0 aliphatic rings. The lowest BCUT2D eigenvalue weighted by molar-refractivity contribution is -0.118. The Labute approximate surface area is 127 Å². The predicted octanol–water partition coefficient (Wildman–Crippen LogP) is 3.10. The first kappa shape index (κ1) is 14.9. The van der Waals surface area contributed by atoms with Crippen molar-refractivity contribution in [3.05, 3.63) is 59.6 Å². The highest BCUT2D eigenvalue weighted by molar-refractivity contribution is 6.30. The van der Waals surface area contributed by atoms with Crippen LogP contribution < -0.4 is 16.0 Å². The van der Waals surface area contributed by atoms with Crippen molar-refractivity contribution in [1.82, 2.24) is 5.32 Å². The van der Waals surface area contributed by atoms with Crippen LogP contribution in [0.5, 0.6) is 0 Å². The van der Waals surface area contributed by atoms with E-state index in [4.69, 9.17) is 11.6 Å². The molecule has 0 saturated carbocycles. The third-order valence-corrected chi connectivity index (χ3v) is 2.80. The molecule has 0 aliphatic heterocycles. The Kier molecular flexibility index (Phi) is 5.17. The zero-order valence-corrected chi connectivity index (χ0v) is 11.9. The van der Waals surface area contributed by atoms with E-state index in [0.29, 0.717) is 16.4 Å². The van der Waals surface area contributed by atoms with Crippen LogP contribution in [0.3, 0.4) is 0 Å². The van der Waals surface area contributed by atoms with Crippen LogP contribution in [-0.4, -0.2) is 18.5 Å². The smallest absolute Gasteiger partial charge is 0.325 e. The summed E-state index contributed by atoms with van der Waals surface area (Å²) in [7, 11) is 0. The van der Waals surface area contributed by atoms with Gasteiger partial charge in [0, 0.05) is 16.4 Å². The lowest BCUT2D eigenvalue weighted by atomic mass is 10.3. The van der Waals surface area contributed by atoms with Crippen molar-refractivity contribution in [3.63, 3.8) is 0 Å². The maximum absolute atomic E-state index is 11.6. The van der Waals surface area contributed by atoms with Crippen LogP contribution in [0, 0.1) is 0 Å². The van der Waals surface area contributed by atoms with Gasteiger partial charge in [-0.1, -0.05) is 35.9 Å². The molecule has 2 aromatic rings. The van der Waals surface area contributed by atoms with E-state index in [1.165, 1.54) is 0 Å². The van der Waals surface area contributed by atoms with E-state index in [2.05, 4.69) is 16.0 Å². The van der Waals surface area contributed by atoms with Crippen molar-refractivity contribution in [2.75, 3.05) is 17.2 Å². The Morgan fingerprint density at radius 2 is 1.67 bits per heavy atom. The SMILES string of the molecule is O=C(CNc1cccc(Cl)c1)NC(=O)Nc1ccccc1. The predicted molar refractivity (Wildman–Crippen MR) is 83.5 cm³/mol. The number of hydrogen-bond acceptors (Lipinski definition) is 3. The maximum Gasteiger partial charge on any atom is 0.325 e. The van der Waals surface area contributed by atoms with Gasteiger partial charge >= 0.3 is 6.03 Å². The average molecular weight is 304 g/mol. The molecule has 0 unspecified atom stereocenters. The number of urea groups is 1. The molecule has 3 N–H and O–H groups in total. The van der Waals surface area contributed by atoms with E-state index in [-0.39, 0.29) is 6.54 Å². The Balaban J connectivity index is 1.78. The van der Waals surface area contributed by atoms with Gasteiger partial charge in [0.25, 0.3) is 0 Å². The molecule has 0 fully saturated rings. The number of nitrogens with one attached hydrogen (secondary N) is 3. The molecule has 2 rings (SSSR count). The molecule has 0 saturated heterocycles. The first-order valence-electron chi connectivity index (χ1n) is 6.29. The van der Waals surface area contributed by atoms with E-state index in [1.807, 2.05) is 6.07 Å². The highest BCUT2D eigenvalue weighted by Gasteiger charge is 2.07. The molecule has 0 spiro atoms. The lowest BCUT2D eigenvalue weighted by Crippen LogP contribution is -2.37. The van der Waals surface area contributed by atoms with Gasteiger partial charge in [-0.3, -0.25) is 10.1 Å². The van der Waals surface area contributed by atoms with Gasteiger partial charge in [-0.15, -0.1) is 0 Å². The minimum Gasteiger partial charge on any atom is -0.376 e. The first-order chi connectivity index (χ1) is 10.1. The fraction of sp³-hybridized carbons (Fsp3) is 0.0667. The van der Waals surface area contributed by atoms with Crippen molar-refractivity contribution in [2.45, 2.75) is 0 Å². The normalized spacial score (nSPS) is 9.76. The van der Waals surface area contributed by atoms with Crippen molar-refractivity contribution in [1.29, 1.82) is 0 Å². The molecule has 0 bridgehead atoms. The number of anilines is 2. The second-order valence-electron chi connectivity index (χ2n) is 4.23. The molecular formula is C15H14ClN3O2. The number of carbonyl (C=O) groups excluding carboxylic acids is 2. The fourth-order valence-corrected chi connectivity index (χ4v) is 1.83. The van der Waals surface area contributed by atoms with E-state index in [9.17, 15) is 9.59 Å². The molecule has 0 aliphatic carbocycles. The zero-order valence-electron chi connectivity index (χ0n) is 11.1. The summed E-state index contributed by atoms with van der Waals surface area (Å²) in [6.45, 7) is -0.0252. The number of benzene rings is 2. The molecule has 0 atom stereocenters. The summed E-state index contributed by atoms with van der Waals surface area (Å²) in [5.74, 6) is -0.441. The minimum atomic E-state index is -0.570. The Morgan fingerprint density at radius 1 is 0.952 bits per heavy atom. The third-order valence-electron chi connectivity index (χ3n) is 2.56. The summed E-state index contributed by atoms with van der Waals surface area (Å²) in [6.07, 6.45) is 0. The monoisotopic (exact) mass is 303 g/mol. The summed E-state index contributed by atoms with van der Waals surface area (Å²) in [5, 5.41) is 8.24. The van der Waals surface area contributed by atoms with Crippen LogP contribution in [0.1, 0.15) is 0 Å². The second kappa shape index (κ2) is 7.31. The number of amides is 3. The highest BCUT2D eigenvalue weighted by atomic mass is 35.5. The quantitative estimate of drug-likeness (QED) is 0.813. The third kappa shape index (κ3) is 5.16. The molecule has 6 heteroatoms. The summed E-state index contributed by atoms with van der Waals surface area (Å²) < 4.78 is 0. The summed E-state index contributed by atoms with van der Waals surface area (Å²) in [4.78, 5) is 23.2. The van der Waals surface area contributed by atoms with Crippen LogP contribution in [0.25, 0.3) is 0 Å². The van der Waals surface area contributed by atoms with Crippen molar-refractivity contribution in [2.24, 2.45) is 0 Å². The molecule has 3 amide bonds. The van der Waals surface area contributed by atoms with Crippen molar-refractivity contribution in [3.8, 4) is 0 Å². The molecule has 0 aromatic heterocycles. The second-order valence-corrected chi connectivity index (χ2v) is 4.67. The first-order valence-corrected chi connectivity index (χ1v) is 6.66. The van der Waals surface area contributed by atoms with Crippen LogP contribution >= 0.6 is 11.6 Å². The lowest BCUT2D eigenvalue weighted by Gasteiger charge is -2.08. The van der Waals surface area contributed by atoms with Crippen LogP contribution in [0.4, 0.5) is 16.2 Å². The fourth-order valence-electron chi connectivity index (χ4n) is 1.64. The van der Waals surface area contributed by atoms with Crippen LogP contribution in [0.15, 0.2) is 54.6 Å². The number of para-hydroxylation sites is 1. The van der Waals surface area contributed by atoms with Crippen molar-refractivity contribution < 1.29 is 9.59 Å². The topological polar surface area (TPSA) is 70.2 Å². The van der Waals surface area contributed by atoms with Crippen LogP contribution in [-0.2, 0) is 4.79 Å². The standard InChI is InChI=1S/C15H14ClN3O2/c16-11-5-4-8-13(9-11)17-10-14(20)19-15(21)18-12-6-2-1-3-7-12/h1-9,17H,10H2,(H2,18,19,20,21). The summed E-state index contributed by atoms with van der Waals surface area (Å²) in [5.41, 5.74) is 1.33. The number of hydrogen-bond donors (Lipinski definition) is 3. The molecule has 108 valence electrons.